The molecule has 2 atom stereocenters. The molecule has 1 saturated heterocycles. The average molecular weight is 553 g/mol. The molecule has 0 saturated carbocycles. The number of hydrogen-bond donors (Lipinski definition) is 1. The van der Waals surface area contributed by atoms with E-state index in [2.05, 4.69) is 4.90 Å². The maximum atomic E-state index is 12.6. The molecule has 40 heavy (non-hydrogen) atoms. The van der Waals surface area contributed by atoms with Crippen LogP contribution in [0.25, 0.3) is 11.1 Å². The fraction of sp³-hybridized carbons (Fsp3) is 0.455. The van der Waals surface area contributed by atoms with E-state index in [9.17, 15) is 19.6 Å². The predicted octanol–water partition coefficient (Wildman–Crippen LogP) is 7.83. The Morgan fingerprint density at radius 2 is 1.70 bits per heavy atom. The Morgan fingerprint density at radius 3 is 2.30 bits per heavy atom. The van der Waals surface area contributed by atoms with Crippen molar-refractivity contribution in [2.75, 3.05) is 26.2 Å². The van der Waals surface area contributed by atoms with Crippen LogP contribution in [-0.4, -0.2) is 47.3 Å². The molecule has 1 aliphatic rings. The van der Waals surface area contributed by atoms with Crippen LogP contribution in [0.2, 0.25) is 0 Å². The number of nitro benzene ring substituents is 1. The summed E-state index contributed by atoms with van der Waals surface area (Å²) in [5.41, 5.74) is 5.00. The summed E-state index contributed by atoms with van der Waals surface area (Å²) >= 11 is 0. The van der Waals surface area contributed by atoms with Gasteiger partial charge in [-0.15, -0.1) is 0 Å². The summed E-state index contributed by atoms with van der Waals surface area (Å²) in [5.74, 6) is -0.116. The van der Waals surface area contributed by atoms with E-state index in [1.165, 1.54) is 18.9 Å². The standard InChI is InChI=1S/C23H30N2O4.C8H9F.C2H6/c1-3-18-10-11-22(23(14-18)25(27)28)21-9-5-4-8-20(21)17(2)29-16-19(26)15-24-12-6-7-13-24;1-6-3-4-7(2)8(9)5-6;1-2/h4-5,8-11,14,17,19,26H,3,6-7,12-13,15-16H2,1-2H3;3-5H,1-2H3;1-2H3. The number of halogens is 1. The number of ether oxygens (including phenoxy) is 1. The Hall–Kier alpha value is -3.13. The minimum Gasteiger partial charge on any atom is -0.389 e. The summed E-state index contributed by atoms with van der Waals surface area (Å²) in [4.78, 5) is 13.6. The van der Waals surface area contributed by atoms with Gasteiger partial charge < -0.3 is 14.7 Å². The van der Waals surface area contributed by atoms with Crippen molar-refractivity contribution in [2.24, 2.45) is 0 Å². The van der Waals surface area contributed by atoms with Crippen molar-refractivity contribution in [3.05, 3.63) is 98.8 Å². The monoisotopic (exact) mass is 552 g/mol. The van der Waals surface area contributed by atoms with Gasteiger partial charge in [0.1, 0.15) is 5.82 Å². The van der Waals surface area contributed by atoms with E-state index < -0.39 is 6.10 Å². The normalized spacial score (nSPS) is 14.4. The van der Waals surface area contributed by atoms with Crippen LogP contribution in [0, 0.1) is 29.8 Å². The second-order valence-corrected chi connectivity index (χ2v) is 9.94. The summed E-state index contributed by atoms with van der Waals surface area (Å²) in [5, 5.41) is 22.0. The van der Waals surface area contributed by atoms with Gasteiger partial charge in [-0.05, 0) is 93.1 Å². The zero-order valence-electron chi connectivity index (χ0n) is 24.8. The first-order valence-corrected chi connectivity index (χ1v) is 14.3. The van der Waals surface area contributed by atoms with E-state index in [1.807, 2.05) is 77.1 Å². The Kier molecular flexibility index (Phi) is 13.9. The Morgan fingerprint density at radius 1 is 1.02 bits per heavy atom. The predicted molar refractivity (Wildman–Crippen MR) is 161 cm³/mol. The lowest BCUT2D eigenvalue weighted by atomic mass is 9.94. The fourth-order valence-corrected chi connectivity index (χ4v) is 4.63. The van der Waals surface area contributed by atoms with Crippen LogP contribution < -0.4 is 0 Å². The number of β-amino-alcohol motifs (C(OH)–C–C–N with tert-alkyl or cyclic N) is 1. The summed E-state index contributed by atoms with van der Waals surface area (Å²) in [6.45, 7) is 14.5. The van der Waals surface area contributed by atoms with Crippen molar-refractivity contribution in [1.29, 1.82) is 0 Å². The van der Waals surface area contributed by atoms with Gasteiger partial charge in [0.25, 0.3) is 5.69 Å². The molecule has 1 fully saturated rings. The highest BCUT2D eigenvalue weighted by atomic mass is 19.1. The number of likely N-dealkylation sites (tertiary alicyclic amines) is 1. The molecule has 7 heteroatoms. The third-order valence-electron chi connectivity index (χ3n) is 6.89. The van der Waals surface area contributed by atoms with Crippen LogP contribution in [-0.2, 0) is 11.2 Å². The van der Waals surface area contributed by atoms with Crippen molar-refractivity contribution >= 4 is 5.69 Å². The highest BCUT2D eigenvalue weighted by Crippen LogP contribution is 2.36. The van der Waals surface area contributed by atoms with E-state index in [-0.39, 0.29) is 29.1 Å². The number of aryl methyl sites for hydroxylation is 3. The smallest absolute Gasteiger partial charge is 0.277 e. The van der Waals surface area contributed by atoms with Gasteiger partial charge in [-0.3, -0.25) is 10.1 Å². The lowest BCUT2D eigenvalue weighted by Crippen LogP contribution is -2.33. The first-order valence-electron chi connectivity index (χ1n) is 14.3. The molecule has 2 unspecified atom stereocenters. The molecule has 218 valence electrons. The van der Waals surface area contributed by atoms with Crippen LogP contribution in [0.5, 0.6) is 0 Å². The molecule has 6 nitrogen and oxygen atoms in total. The molecule has 3 aromatic carbocycles. The molecule has 0 radical (unpaired) electrons. The fourth-order valence-electron chi connectivity index (χ4n) is 4.63. The number of aliphatic hydroxyl groups is 1. The second-order valence-electron chi connectivity index (χ2n) is 9.94. The number of aliphatic hydroxyl groups excluding tert-OH is 1. The topological polar surface area (TPSA) is 75.8 Å². The van der Waals surface area contributed by atoms with Crippen LogP contribution in [0.15, 0.2) is 60.7 Å². The number of benzene rings is 3. The molecule has 0 aliphatic carbocycles. The van der Waals surface area contributed by atoms with Crippen LogP contribution in [0.3, 0.4) is 0 Å². The first-order chi connectivity index (χ1) is 19.2. The second kappa shape index (κ2) is 16.9. The maximum absolute atomic E-state index is 12.6. The van der Waals surface area contributed by atoms with Crippen molar-refractivity contribution in [3.8, 4) is 11.1 Å². The van der Waals surface area contributed by atoms with Crippen molar-refractivity contribution in [1.82, 2.24) is 4.90 Å². The Bertz CT molecular complexity index is 1210. The Labute approximate surface area is 239 Å². The summed E-state index contributed by atoms with van der Waals surface area (Å²) < 4.78 is 18.5. The van der Waals surface area contributed by atoms with E-state index in [0.717, 1.165) is 41.8 Å². The van der Waals surface area contributed by atoms with Gasteiger partial charge in [-0.2, -0.15) is 0 Å². The van der Waals surface area contributed by atoms with Gasteiger partial charge in [0.05, 0.1) is 29.3 Å². The third kappa shape index (κ3) is 9.81. The molecule has 4 rings (SSSR count). The number of nitro groups is 1. The maximum Gasteiger partial charge on any atom is 0.277 e. The van der Waals surface area contributed by atoms with Gasteiger partial charge >= 0.3 is 0 Å². The van der Waals surface area contributed by atoms with Crippen molar-refractivity contribution < 1.29 is 19.2 Å². The zero-order chi connectivity index (χ0) is 29.7. The molecule has 0 aromatic heterocycles. The quantitative estimate of drug-likeness (QED) is 0.216. The van der Waals surface area contributed by atoms with Crippen LogP contribution in [0.4, 0.5) is 10.1 Å². The molecular weight excluding hydrogens is 507 g/mol. The molecule has 0 bridgehead atoms. The van der Waals surface area contributed by atoms with Crippen molar-refractivity contribution in [3.63, 3.8) is 0 Å². The molecule has 1 aliphatic heterocycles. The number of rotatable bonds is 9. The van der Waals surface area contributed by atoms with Crippen molar-refractivity contribution in [2.45, 2.75) is 73.0 Å². The van der Waals surface area contributed by atoms with E-state index >= 15 is 0 Å². The molecular formula is C33H45FN2O4. The number of hydrogen-bond acceptors (Lipinski definition) is 5. The van der Waals surface area contributed by atoms with Crippen LogP contribution >= 0.6 is 0 Å². The van der Waals surface area contributed by atoms with E-state index in [0.29, 0.717) is 17.7 Å². The average Bonchev–Trinajstić information content (AvgIpc) is 3.48. The van der Waals surface area contributed by atoms with Gasteiger partial charge in [-0.1, -0.05) is 63.2 Å². The lowest BCUT2D eigenvalue weighted by molar-refractivity contribution is -0.384. The molecule has 1 N–H and O–H groups in total. The van der Waals surface area contributed by atoms with Gasteiger partial charge in [0.15, 0.2) is 0 Å². The van der Waals surface area contributed by atoms with E-state index in [1.54, 1.807) is 19.1 Å². The summed E-state index contributed by atoms with van der Waals surface area (Å²) in [7, 11) is 0. The minimum atomic E-state index is -0.541. The van der Waals surface area contributed by atoms with Gasteiger partial charge in [0.2, 0.25) is 0 Å². The number of nitrogens with zero attached hydrogens (tertiary/aromatic N) is 2. The highest BCUT2D eigenvalue weighted by Gasteiger charge is 2.22. The minimum absolute atomic E-state index is 0.109. The third-order valence-corrected chi connectivity index (χ3v) is 6.89. The molecule has 1 heterocycles. The summed E-state index contributed by atoms with van der Waals surface area (Å²) in [6.07, 6.45) is 2.29. The van der Waals surface area contributed by atoms with E-state index in [4.69, 9.17) is 4.74 Å². The zero-order valence-corrected chi connectivity index (χ0v) is 24.8. The lowest BCUT2D eigenvalue weighted by Gasteiger charge is -2.22. The molecule has 3 aromatic rings. The molecule has 0 amide bonds. The van der Waals surface area contributed by atoms with Gasteiger partial charge in [-0.25, -0.2) is 4.39 Å². The largest absolute Gasteiger partial charge is 0.389 e. The highest BCUT2D eigenvalue weighted by molar-refractivity contribution is 5.76. The Balaban J connectivity index is 0.000000428. The first kappa shape index (κ1) is 33.1. The van der Waals surface area contributed by atoms with Gasteiger partial charge in [0, 0.05) is 12.6 Å². The van der Waals surface area contributed by atoms with Crippen LogP contribution in [0.1, 0.15) is 68.9 Å². The summed E-state index contributed by atoms with van der Waals surface area (Å²) in [6, 6.07) is 18.2. The SMILES string of the molecule is CC.CCc1ccc(-c2ccccc2C(C)OCC(O)CN2CCCC2)c([N+](=O)[O-])c1.Cc1ccc(C)c(F)c1. The molecule has 0 spiro atoms.